The summed E-state index contributed by atoms with van der Waals surface area (Å²) in [5.41, 5.74) is 3.27. The second-order valence-electron chi connectivity index (χ2n) is 4.33. The van der Waals surface area contributed by atoms with Gasteiger partial charge < -0.3 is 14.5 Å². The van der Waals surface area contributed by atoms with E-state index in [4.69, 9.17) is 9.47 Å². The van der Waals surface area contributed by atoms with Crippen LogP contribution < -0.4 is 9.47 Å². The van der Waals surface area contributed by atoms with Crippen molar-refractivity contribution in [2.75, 3.05) is 14.2 Å². The first-order chi connectivity index (χ1) is 9.31. The molecule has 0 aliphatic heterocycles. The number of nitrogens with one attached hydrogen (secondary N) is 1. The molecule has 3 aromatic rings. The smallest absolute Gasteiger partial charge is 0.128 e. The third-order valence-corrected chi connectivity index (χ3v) is 3.25. The molecule has 0 aliphatic carbocycles. The Kier molecular flexibility index (Phi) is 2.88. The van der Waals surface area contributed by atoms with Gasteiger partial charge >= 0.3 is 0 Å². The van der Waals surface area contributed by atoms with E-state index in [9.17, 15) is 0 Å². The number of ether oxygens (including phenoxy) is 2. The molecule has 1 heterocycles. The minimum absolute atomic E-state index is 0.859. The van der Waals surface area contributed by atoms with Gasteiger partial charge in [-0.3, -0.25) is 0 Å². The van der Waals surface area contributed by atoms with Crippen LogP contribution in [0.25, 0.3) is 22.2 Å². The Morgan fingerprint density at radius 3 is 2.37 bits per heavy atom. The van der Waals surface area contributed by atoms with Crippen LogP contribution in [0, 0.1) is 0 Å². The third-order valence-electron chi connectivity index (χ3n) is 3.25. The first-order valence-electron chi connectivity index (χ1n) is 6.12. The van der Waals surface area contributed by atoms with Gasteiger partial charge in [-0.2, -0.15) is 0 Å². The number of methoxy groups -OCH3 is 2. The number of fused-ring (bicyclic) bond motifs is 1. The number of H-pyrrole nitrogens is 1. The molecule has 1 aromatic heterocycles. The number of hydrogen-bond donors (Lipinski definition) is 1. The Hall–Kier alpha value is -2.42. The number of aromatic nitrogens is 1. The molecule has 19 heavy (non-hydrogen) atoms. The highest BCUT2D eigenvalue weighted by atomic mass is 16.5. The molecular formula is C16H15NO2. The predicted octanol–water partition coefficient (Wildman–Crippen LogP) is 3.85. The van der Waals surface area contributed by atoms with Crippen LogP contribution in [0.1, 0.15) is 0 Å². The Morgan fingerprint density at radius 2 is 1.68 bits per heavy atom. The van der Waals surface area contributed by atoms with Crippen molar-refractivity contribution in [1.82, 2.24) is 4.98 Å². The molecule has 3 rings (SSSR count). The first-order valence-corrected chi connectivity index (χ1v) is 6.12. The highest BCUT2D eigenvalue weighted by Gasteiger charge is 2.07. The lowest BCUT2D eigenvalue weighted by Crippen LogP contribution is -1.82. The minimum Gasteiger partial charge on any atom is -0.497 e. The predicted molar refractivity (Wildman–Crippen MR) is 76.8 cm³/mol. The van der Waals surface area contributed by atoms with E-state index in [0.717, 1.165) is 33.7 Å². The quantitative estimate of drug-likeness (QED) is 0.769. The highest BCUT2D eigenvalue weighted by molar-refractivity contribution is 5.90. The molecule has 0 amide bonds. The van der Waals surface area contributed by atoms with Gasteiger partial charge in [-0.05, 0) is 48.0 Å². The zero-order chi connectivity index (χ0) is 13.2. The summed E-state index contributed by atoms with van der Waals surface area (Å²) in [4.78, 5) is 3.40. The van der Waals surface area contributed by atoms with E-state index in [0.29, 0.717) is 0 Å². The van der Waals surface area contributed by atoms with Crippen molar-refractivity contribution < 1.29 is 9.47 Å². The van der Waals surface area contributed by atoms with Crippen molar-refractivity contribution in [3.05, 3.63) is 48.5 Å². The Labute approximate surface area is 111 Å². The summed E-state index contributed by atoms with van der Waals surface area (Å²) in [6, 6.07) is 16.1. The first kappa shape index (κ1) is 11.7. The normalized spacial score (nSPS) is 10.6. The molecule has 0 spiro atoms. The fourth-order valence-electron chi connectivity index (χ4n) is 2.23. The fourth-order valence-corrected chi connectivity index (χ4v) is 2.23. The standard InChI is InChI=1S/C16H15NO2/c1-18-12-8-6-11(7-9-12)15-10-13-14(17-15)4-3-5-16(13)19-2/h3-10,17H,1-2H3. The molecule has 0 bridgehead atoms. The van der Waals surface area contributed by atoms with E-state index < -0.39 is 0 Å². The molecule has 0 fully saturated rings. The largest absolute Gasteiger partial charge is 0.497 e. The van der Waals surface area contributed by atoms with Crippen molar-refractivity contribution in [1.29, 1.82) is 0 Å². The molecule has 0 atom stereocenters. The van der Waals surface area contributed by atoms with Crippen LogP contribution in [0.5, 0.6) is 11.5 Å². The van der Waals surface area contributed by atoms with Gasteiger partial charge in [0, 0.05) is 16.6 Å². The van der Waals surface area contributed by atoms with E-state index in [1.807, 2.05) is 42.5 Å². The summed E-state index contributed by atoms with van der Waals surface area (Å²) in [7, 11) is 3.36. The summed E-state index contributed by atoms with van der Waals surface area (Å²) in [6.07, 6.45) is 0. The number of benzene rings is 2. The summed E-state index contributed by atoms with van der Waals surface area (Å²) >= 11 is 0. The van der Waals surface area contributed by atoms with E-state index in [1.54, 1.807) is 14.2 Å². The van der Waals surface area contributed by atoms with Crippen LogP contribution >= 0.6 is 0 Å². The monoisotopic (exact) mass is 253 g/mol. The Bertz CT molecular complexity index is 698. The van der Waals surface area contributed by atoms with E-state index in [1.165, 1.54) is 0 Å². The summed E-state index contributed by atoms with van der Waals surface area (Å²) in [5.74, 6) is 1.74. The maximum Gasteiger partial charge on any atom is 0.128 e. The summed E-state index contributed by atoms with van der Waals surface area (Å²) in [5, 5.41) is 1.09. The van der Waals surface area contributed by atoms with Crippen molar-refractivity contribution in [2.24, 2.45) is 0 Å². The molecule has 0 saturated heterocycles. The zero-order valence-corrected chi connectivity index (χ0v) is 10.9. The van der Waals surface area contributed by atoms with Crippen molar-refractivity contribution >= 4 is 10.9 Å². The summed E-state index contributed by atoms with van der Waals surface area (Å²) in [6.45, 7) is 0. The molecule has 3 heteroatoms. The van der Waals surface area contributed by atoms with Gasteiger partial charge in [-0.25, -0.2) is 0 Å². The second-order valence-corrected chi connectivity index (χ2v) is 4.33. The molecule has 0 unspecified atom stereocenters. The van der Waals surface area contributed by atoms with Crippen LogP contribution in [0.4, 0.5) is 0 Å². The zero-order valence-electron chi connectivity index (χ0n) is 10.9. The third kappa shape index (κ3) is 2.03. The number of hydrogen-bond acceptors (Lipinski definition) is 2. The van der Waals surface area contributed by atoms with Crippen LogP contribution in [0.15, 0.2) is 48.5 Å². The average molecular weight is 253 g/mol. The minimum atomic E-state index is 0.859. The lowest BCUT2D eigenvalue weighted by molar-refractivity contribution is 0.415. The fraction of sp³-hybridized carbons (Fsp3) is 0.125. The maximum absolute atomic E-state index is 5.37. The lowest BCUT2D eigenvalue weighted by atomic mass is 10.1. The lowest BCUT2D eigenvalue weighted by Gasteiger charge is -2.01. The topological polar surface area (TPSA) is 34.2 Å². The van der Waals surface area contributed by atoms with Crippen molar-refractivity contribution in [2.45, 2.75) is 0 Å². The van der Waals surface area contributed by atoms with Crippen LogP contribution in [0.2, 0.25) is 0 Å². The molecule has 0 saturated carbocycles. The summed E-state index contributed by atoms with van der Waals surface area (Å²) < 4.78 is 10.5. The van der Waals surface area contributed by atoms with Gasteiger partial charge in [0.15, 0.2) is 0 Å². The van der Waals surface area contributed by atoms with E-state index in [-0.39, 0.29) is 0 Å². The number of aromatic amines is 1. The van der Waals surface area contributed by atoms with Gasteiger partial charge in [0.1, 0.15) is 11.5 Å². The van der Waals surface area contributed by atoms with Gasteiger partial charge in [-0.15, -0.1) is 0 Å². The van der Waals surface area contributed by atoms with Crippen LogP contribution in [0.3, 0.4) is 0 Å². The van der Waals surface area contributed by atoms with Crippen molar-refractivity contribution in [3.8, 4) is 22.8 Å². The highest BCUT2D eigenvalue weighted by Crippen LogP contribution is 2.30. The Balaban J connectivity index is 2.09. The molecule has 96 valence electrons. The van der Waals surface area contributed by atoms with Crippen LogP contribution in [-0.4, -0.2) is 19.2 Å². The molecule has 1 N–H and O–H groups in total. The average Bonchev–Trinajstić information content (AvgIpc) is 2.91. The second kappa shape index (κ2) is 4.69. The number of rotatable bonds is 3. The van der Waals surface area contributed by atoms with Crippen LogP contribution in [-0.2, 0) is 0 Å². The van der Waals surface area contributed by atoms with Gasteiger partial charge in [0.05, 0.1) is 14.2 Å². The molecule has 3 nitrogen and oxygen atoms in total. The molecular weight excluding hydrogens is 238 g/mol. The van der Waals surface area contributed by atoms with Gasteiger partial charge in [-0.1, -0.05) is 6.07 Å². The molecule has 2 aromatic carbocycles. The van der Waals surface area contributed by atoms with Gasteiger partial charge in [0.25, 0.3) is 0 Å². The molecule has 0 radical (unpaired) electrons. The van der Waals surface area contributed by atoms with Crippen molar-refractivity contribution in [3.63, 3.8) is 0 Å². The Morgan fingerprint density at radius 1 is 0.895 bits per heavy atom. The van der Waals surface area contributed by atoms with E-state index >= 15 is 0 Å². The van der Waals surface area contributed by atoms with E-state index in [2.05, 4.69) is 11.1 Å². The molecule has 0 aliphatic rings. The maximum atomic E-state index is 5.37. The van der Waals surface area contributed by atoms with Gasteiger partial charge in [0.2, 0.25) is 0 Å². The SMILES string of the molecule is COc1ccc(-c2cc3c(OC)cccc3[nH]2)cc1.